The van der Waals surface area contributed by atoms with Crippen molar-refractivity contribution in [1.82, 2.24) is 0 Å². The third-order valence-electron chi connectivity index (χ3n) is 6.84. The smallest absolute Gasteiger partial charge is 0.300 e. The van der Waals surface area contributed by atoms with Crippen molar-refractivity contribution in [1.29, 1.82) is 0 Å². The standard InChI is InChI=1S/C31H34N2O5/c1-31(2,3)21-11-15-23(16-12-21)33-27(19-8-13-22(14-9-19)32(4)5)26(29(35)30(33)36)28(34)20-10-17-24(37-6)25(18-20)38-7/h8-18,27,34H,1-7H3/b28-26-. The summed E-state index contributed by atoms with van der Waals surface area (Å²) in [6.07, 6.45) is 0. The molecule has 0 aromatic heterocycles. The van der Waals surface area contributed by atoms with Crippen LogP contribution in [-0.4, -0.2) is 45.1 Å². The van der Waals surface area contributed by atoms with E-state index in [1.807, 2.05) is 67.5 Å². The molecule has 0 spiro atoms. The lowest BCUT2D eigenvalue weighted by atomic mass is 9.87. The van der Waals surface area contributed by atoms with Crippen LogP contribution in [0.25, 0.3) is 5.76 Å². The molecule has 0 bridgehead atoms. The van der Waals surface area contributed by atoms with Crippen molar-refractivity contribution in [2.45, 2.75) is 32.2 Å². The first-order valence-electron chi connectivity index (χ1n) is 12.4. The number of methoxy groups -OCH3 is 2. The van der Waals surface area contributed by atoms with Crippen molar-refractivity contribution >= 4 is 28.8 Å². The van der Waals surface area contributed by atoms with E-state index in [-0.39, 0.29) is 16.7 Å². The van der Waals surface area contributed by atoms with E-state index in [2.05, 4.69) is 20.8 Å². The molecule has 7 nitrogen and oxygen atoms in total. The number of ketones is 1. The number of hydrogen-bond acceptors (Lipinski definition) is 6. The summed E-state index contributed by atoms with van der Waals surface area (Å²) in [5.74, 6) is -0.842. The molecule has 1 amide bonds. The topological polar surface area (TPSA) is 79.3 Å². The van der Waals surface area contributed by atoms with E-state index in [1.165, 1.54) is 19.1 Å². The molecule has 1 saturated heterocycles. The van der Waals surface area contributed by atoms with E-state index < -0.39 is 17.7 Å². The Kier molecular flexibility index (Phi) is 7.22. The molecule has 1 aliphatic rings. The summed E-state index contributed by atoms with van der Waals surface area (Å²) in [5, 5.41) is 11.5. The molecular formula is C31H34N2O5. The number of rotatable bonds is 6. The highest BCUT2D eigenvalue weighted by Crippen LogP contribution is 2.43. The van der Waals surface area contributed by atoms with Crippen LogP contribution in [0.3, 0.4) is 0 Å². The molecule has 3 aromatic carbocycles. The zero-order valence-corrected chi connectivity index (χ0v) is 22.9. The number of benzene rings is 3. The Morgan fingerprint density at radius 3 is 2.00 bits per heavy atom. The van der Waals surface area contributed by atoms with Crippen LogP contribution in [0.4, 0.5) is 11.4 Å². The number of Topliss-reactive ketones (excluding diaryl/α,β-unsaturated/α-hetero) is 1. The molecule has 38 heavy (non-hydrogen) atoms. The maximum Gasteiger partial charge on any atom is 0.300 e. The van der Waals surface area contributed by atoms with Gasteiger partial charge in [-0.1, -0.05) is 45.0 Å². The molecule has 1 unspecified atom stereocenters. The minimum absolute atomic E-state index is 0.0136. The zero-order valence-electron chi connectivity index (χ0n) is 22.9. The normalized spacial score (nSPS) is 17.0. The van der Waals surface area contributed by atoms with E-state index >= 15 is 0 Å². The summed E-state index contributed by atoms with van der Waals surface area (Å²) in [5.41, 5.74) is 3.65. The van der Waals surface area contributed by atoms with Gasteiger partial charge >= 0.3 is 0 Å². The van der Waals surface area contributed by atoms with Crippen LogP contribution < -0.4 is 19.3 Å². The van der Waals surface area contributed by atoms with Gasteiger partial charge in [0.15, 0.2) is 11.5 Å². The molecule has 0 saturated carbocycles. The highest BCUT2D eigenvalue weighted by atomic mass is 16.5. The largest absolute Gasteiger partial charge is 0.507 e. The minimum Gasteiger partial charge on any atom is -0.507 e. The first kappa shape index (κ1) is 26.8. The van der Waals surface area contributed by atoms with Gasteiger partial charge in [0.1, 0.15) is 5.76 Å². The third kappa shape index (κ3) is 4.84. The van der Waals surface area contributed by atoms with Crippen molar-refractivity contribution in [3.63, 3.8) is 0 Å². The van der Waals surface area contributed by atoms with Crippen LogP contribution >= 0.6 is 0 Å². The Bertz CT molecular complexity index is 1380. The van der Waals surface area contributed by atoms with Crippen molar-refractivity contribution in [2.24, 2.45) is 0 Å². The summed E-state index contributed by atoms with van der Waals surface area (Å²) in [6, 6.07) is 19.3. The van der Waals surface area contributed by atoms with Crippen LogP contribution in [-0.2, 0) is 15.0 Å². The van der Waals surface area contributed by atoms with Gasteiger partial charge in [0.2, 0.25) is 0 Å². The van der Waals surface area contributed by atoms with Gasteiger partial charge in [-0.25, -0.2) is 0 Å². The van der Waals surface area contributed by atoms with Crippen molar-refractivity contribution in [3.8, 4) is 11.5 Å². The molecule has 7 heteroatoms. The minimum atomic E-state index is -0.820. The average Bonchev–Trinajstić information content (AvgIpc) is 3.17. The van der Waals surface area contributed by atoms with Gasteiger partial charge in [-0.2, -0.15) is 0 Å². The van der Waals surface area contributed by atoms with Gasteiger partial charge in [0, 0.05) is 31.0 Å². The second kappa shape index (κ2) is 10.2. The molecule has 4 rings (SSSR count). The van der Waals surface area contributed by atoms with Crippen molar-refractivity contribution in [3.05, 3.63) is 89.0 Å². The Morgan fingerprint density at radius 2 is 1.47 bits per heavy atom. The number of hydrogen-bond donors (Lipinski definition) is 1. The predicted molar refractivity (Wildman–Crippen MR) is 150 cm³/mol. The van der Waals surface area contributed by atoms with E-state index in [0.717, 1.165) is 11.3 Å². The van der Waals surface area contributed by atoms with Crippen LogP contribution in [0, 0.1) is 0 Å². The number of carbonyl (C=O) groups excluding carboxylic acids is 2. The van der Waals surface area contributed by atoms with Gasteiger partial charge in [-0.15, -0.1) is 0 Å². The van der Waals surface area contributed by atoms with Crippen LogP contribution in [0.2, 0.25) is 0 Å². The predicted octanol–water partition coefficient (Wildman–Crippen LogP) is 5.69. The third-order valence-corrected chi connectivity index (χ3v) is 6.84. The fourth-order valence-electron chi connectivity index (χ4n) is 4.63. The summed E-state index contributed by atoms with van der Waals surface area (Å²) in [4.78, 5) is 30.4. The summed E-state index contributed by atoms with van der Waals surface area (Å²) >= 11 is 0. The Labute approximate surface area is 223 Å². The van der Waals surface area contributed by atoms with Crippen molar-refractivity contribution in [2.75, 3.05) is 38.1 Å². The van der Waals surface area contributed by atoms with Crippen molar-refractivity contribution < 1.29 is 24.2 Å². The number of amides is 1. The molecule has 198 valence electrons. The van der Waals surface area contributed by atoms with E-state index in [1.54, 1.807) is 18.2 Å². The lowest BCUT2D eigenvalue weighted by molar-refractivity contribution is -0.132. The Balaban J connectivity index is 1.91. The highest BCUT2D eigenvalue weighted by molar-refractivity contribution is 6.51. The molecule has 0 radical (unpaired) electrons. The average molecular weight is 515 g/mol. The van der Waals surface area contributed by atoms with Crippen LogP contribution in [0.1, 0.15) is 43.5 Å². The fraction of sp³-hybridized carbons (Fsp3) is 0.290. The molecule has 1 aliphatic heterocycles. The van der Waals surface area contributed by atoms with E-state index in [0.29, 0.717) is 28.3 Å². The van der Waals surface area contributed by atoms with Gasteiger partial charge in [0.25, 0.3) is 11.7 Å². The Morgan fingerprint density at radius 1 is 0.868 bits per heavy atom. The monoisotopic (exact) mass is 514 g/mol. The first-order chi connectivity index (χ1) is 18.0. The quantitative estimate of drug-likeness (QED) is 0.259. The van der Waals surface area contributed by atoms with Gasteiger partial charge in [-0.3, -0.25) is 14.5 Å². The van der Waals surface area contributed by atoms with Gasteiger partial charge in [-0.05, 0) is 59.0 Å². The zero-order chi connectivity index (χ0) is 27.8. The Hall–Kier alpha value is -4.26. The number of nitrogens with zero attached hydrogens (tertiary/aromatic N) is 2. The molecule has 1 atom stereocenters. The summed E-state index contributed by atoms with van der Waals surface area (Å²) < 4.78 is 10.7. The fourth-order valence-corrected chi connectivity index (χ4v) is 4.63. The number of aliphatic hydroxyl groups is 1. The molecule has 1 N–H and O–H groups in total. The number of carbonyl (C=O) groups is 2. The lowest BCUT2D eigenvalue weighted by Gasteiger charge is -2.27. The van der Waals surface area contributed by atoms with E-state index in [4.69, 9.17) is 9.47 Å². The molecule has 1 fully saturated rings. The van der Waals surface area contributed by atoms with Crippen LogP contribution in [0.15, 0.2) is 72.3 Å². The molecule has 1 heterocycles. The second-order valence-electron chi connectivity index (χ2n) is 10.5. The number of aliphatic hydroxyl groups excluding tert-OH is 1. The summed E-state index contributed by atoms with van der Waals surface area (Å²) in [6.45, 7) is 6.34. The second-order valence-corrected chi connectivity index (χ2v) is 10.5. The highest BCUT2D eigenvalue weighted by Gasteiger charge is 2.47. The molecule has 3 aromatic rings. The molecule has 0 aliphatic carbocycles. The molecular weight excluding hydrogens is 480 g/mol. The maximum atomic E-state index is 13.5. The van der Waals surface area contributed by atoms with E-state index in [9.17, 15) is 14.7 Å². The number of anilines is 2. The summed E-state index contributed by atoms with van der Waals surface area (Å²) in [7, 11) is 6.89. The van der Waals surface area contributed by atoms with Gasteiger partial charge in [0.05, 0.1) is 25.8 Å². The van der Waals surface area contributed by atoms with Gasteiger partial charge < -0.3 is 19.5 Å². The first-order valence-corrected chi connectivity index (χ1v) is 12.4. The maximum absolute atomic E-state index is 13.5. The number of ether oxygens (including phenoxy) is 2. The lowest BCUT2D eigenvalue weighted by Crippen LogP contribution is -2.29. The van der Waals surface area contributed by atoms with Crippen LogP contribution in [0.5, 0.6) is 11.5 Å². The SMILES string of the molecule is COc1ccc(/C(O)=C2/C(=O)C(=O)N(c3ccc(C(C)(C)C)cc3)C2c2ccc(N(C)C)cc2)cc1OC.